The van der Waals surface area contributed by atoms with Crippen LogP contribution in [0.1, 0.15) is 6.92 Å². The number of hydrogen-bond donors (Lipinski definition) is 2. The number of likely N-dealkylation sites (N-methyl/N-ethyl adjacent to an activating group) is 1. The van der Waals surface area contributed by atoms with Crippen LogP contribution in [0.3, 0.4) is 0 Å². The minimum atomic E-state index is -1.57. The molecule has 0 radical (unpaired) electrons. The highest BCUT2D eigenvalue weighted by Gasteiger charge is 2.22. The van der Waals surface area contributed by atoms with Crippen molar-refractivity contribution in [2.45, 2.75) is 13.0 Å². The van der Waals surface area contributed by atoms with Gasteiger partial charge in [-0.05, 0) is 6.92 Å². The number of hydrogen-bond acceptors (Lipinski definition) is 2. The largest absolute Gasteiger partial charge is 0.369 e. The van der Waals surface area contributed by atoms with Crippen molar-refractivity contribution < 1.29 is 22.4 Å². The third kappa shape index (κ3) is 2.66. The fourth-order valence-electron chi connectivity index (χ4n) is 1.20. The summed E-state index contributed by atoms with van der Waals surface area (Å²) in [7, 11) is 1.32. The van der Waals surface area contributed by atoms with Gasteiger partial charge in [0.2, 0.25) is 5.91 Å². The average molecular weight is 250 g/mol. The Hall–Kier alpha value is -1.79. The normalized spacial score (nSPS) is 12.1. The van der Waals surface area contributed by atoms with E-state index in [1.807, 2.05) is 0 Å². The number of carbonyl (C=O) groups excluding carboxylic acids is 1. The van der Waals surface area contributed by atoms with Gasteiger partial charge >= 0.3 is 0 Å². The molecule has 1 rings (SSSR count). The fourth-order valence-corrected chi connectivity index (χ4v) is 1.20. The Balaban J connectivity index is 3.10. The Morgan fingerprint density at radius 1 is 1.18 bits per heavy atom. The van der Waals surface area contributed by atoms with Crippen LogP contribution >= 0.6 is 0 Å². The second kappa shape index (κ2) is 5.03. The predicted octanol–water partition coefficient (Wildman–Crippen LogP) is 1.79. The first-order valence-electron chi connectivity index (χ1n) is 4.69. The molecule has 1 amide bonds. The predicted molar refractivity (Wildman–Crippen MR) is 53.4 cm³/mol. The van der Waals surface area contributed by atoms with Gasteiger partial charge in [-0.1, -0.05) is 0 Å². The van der Waals surface area contributed by atoms with Gasteiger partial charge in [-0.3, -0.25) is 4.79 Å². The van der Waals surface area contributed by atoms with Crippen molar-refractivity contribution in [1.29, 1.82) is 0 Å². The molecular weight excluding hydrogens is 240 g/mol. The maximum Gasteiger partial charge on any atom is 0.241 e. The van der Waals surface area contributed by atoms with Gasteiger partial charge in [0.25, 0.3) is 0 Å². The molecule has 0 aliphatic carbocycles. The van der Waals surface area contributed by atoms with E-state index < -0.39 is 40.9 Å². The molecule has 94 valence electrons. The lowest BCUT2D eigenvalue weighted by Crippen LogP contribution is -2.35. The lowest BCUT2D eigenvalue weighted by Gasteiger charge is -2.15. The maximum atomic E-state index is 13.2. The number of benzene rings is 1. The molecule has 1 aromatic rings. The van der Waals surface area contributed by atoms with Crippen LogP contribution in [-0.2, 0) is 4.79 Å². The highest BCUT2D eigenvalue weighted by atomic mass is 19.2. The first-order chi connectivity index (χ1) is 7.88. The van der Waals surface area contributed by atoms with E-state index in [4.69, 9.17) is 0 Å². The summed E-state index contributed by atoms with van der Waals surface area (Å²) in [5.41, 5.74) is -1.00. The molecule has 1 aromatic carbocycles. The minimum absolute atomic E-state index is 0.0976. The lowest BCUT2D eigenvalue weighted by atomic mass is 10.2. The summed E-state index contributed by atoms with van der Waals surface area (Å²) in [6.45, 7) is 1.29. The molecule has 3 nitrogen and oxygen atoms in total. The third-order valence-corrected chi connectivity index (χ3v) is 2.11. The van der Waals surface area contributed by atoms with Crippen molar-refractivity contribution in [2.24, 2.45) is 0 Å². The standard InChI is InChI=1S/C10H10F4N2O/c1-4(10(17)15-2)16-9-7(13)5(11)3-6(12)8(9)14/h3-4,16H,1-2H3,(H,15,17). The van der Waals surface area contributed by atoms with E-state index in [-0.39, 0.29) is 6.07 Å². The first-order valence-corrected chi connectivity index (χ1v) is 4.69. The van der Waals surface area contributed by atoms with E-state index in [1.165, 1.54) is 14.0 Å². The number of halogens is 4. The van der Waals surface area contributed by atoms with Gasteiger partial charge in [0.15, 0.2) is 23.3 Å². The molecule has 0 aromatic heterocycles. The summed E-state index contributed by atoms with van der Waals surface area (Å²) < 4.78 is 52.1. The summed E-state index contributed by atoms with van der Waals surface area (Å²) in [6.07, 6.45) is 0. The molecular formula is C10H10F4N2O. The average Bonchev–Trinajstić information content (AvgIpc) is 2.30. The van der Waals surface area contributed by atoms with Gasteiger partial charge < -0.3 is 10.6 Å². The van der Waals surface area contributed by atoms with Crippen LogP contribution in [-0.4, -0.2) is 19.0 Å². The summed E-state index contributed by atoms with van der Waals surface area (Å²) >= 11 is 0. The van der Waals surface area contributed by atoms with Crippen LogP contribution in [0.5, 0.6) is 0 Å². The van der Waals surface area contributed by atoms with Crippen LogP contribution in [0.4, 0.5) is 23.2 Å². The summed E-state index contributed by atoms with van der Waals surface area (Å²) in [4.78, 5) is 11.1. The molecule has 17 heavy (non-hydrogen) atoms. The van der Waals surface area contributed by atoms with E-state index in [2.05, 4.69) is 10.6 Å². The van der Waals surface area contributed by atoms with Crippen molar-refractivity contribution in [1.82, 2.24) is 5.32 Å². The van der Waals surface area contributed by atoms with E-state index >= 15 is 0 Å². The van der Waals surface area contributed by atoms with Crippen LogP contribution in [0, 0.1) is 23.3 Å². The molecule has 0 aliphatic rings. The molecule has 0 saturated carbocycles. The highest BCUT2D eigenvalue weighted by molar-refractivity contribution is 5.83. The summed E-state index contributed by atoms with van der Waals surface area (Å²) in [5.74, 6) is -6.78. The number of carbonyl (C=O) groups is 1. The van der Waals surface area contributed by atoms with Crippen LogP contribution in [0.15, 0.2) is 6.07 Å². The van der Waals surface area contributed by atoms with Crippen molar-refractivity contribution in [3.63, 3.8) is 0 Å². The maximum absolute atomic E-state index is 13.2. The first kappa shape index (κ1) is 13.3. The number of anilines is 1. The molecule has 7 heteroatoms. The topological polar surface area (TPSA) is 41.1 Å². The van der Waals surface area contributed by atoms with Crippen molar-refractivity contribution >= 4 is 11.6 Å². The number of rotatable bonds is 3. The zero-order valence-corrected chi connectivity index (χ0v) is 9.07. The zero-order chi connectivity index (χ0) is 13.2. The molecule has 1 unspecified atom stereocenters. The zero-order valence-electron chi connectivity index (χ0n) is 9.07. The Labute approximate surface area is 94.8 Å². The fraction of sp³-hybridized carbons (Fsp3) is 0.300. The number of amides is 1. The second-order valence-electron chi connectivity index (χ2n) is 3.32. The monoisotopic (exact) mass is 250 g/mol. The highest BCUT2D eigenvalue weighted by Crippen LogP contribution is 2.24. The molecule has 0 saturated heterocycles. The van der Waals surface area contributed by atoms with Crippen LogP contribution in [0.2, 0.25) is 0 Å². The Morgan fingerprint density at radius 2 is 1.65 bits per heavy atom. The quantitative estimate of drug-likeness (QED) is 0.634. The van der Waals surface area contributed by atoms with E-state index in [1.54, 1.807) is 0 Å². The van der Waals surface area contributed by atoms with E-state index in [0.717, 1.165) is 0 Å². The molecule has 2 N–H and O–H groups in total. The number of nitrogens with one attached hydrogen (secondary N) is 2. The molecule has 1 atom stereocenters. The molecule has 0 bridgehead atoms. The summed E-state index contributed by atoms with van der Waals surface area (Å²) in [5, 5.41) is 4.29. The molecule has 0 heterocycles. The molecule has 0 aliphatic heterocycles. The van der Waals surface area contributed by atoms with Crippen LogP contribution < -0.4 is 10.6 Å². The second-order valence-corrected chi connectivity index (χ2v) is 3.32. The van der Waals surface area contributed by atoms with Gasteiger partial charge in [0.05, 0.1) is 0 Å². The Bertz CT molecular complexity index is 424. The smallest absolute Gasteiger partial charge is 0.241 e. The van der Waals surface area contributed by atoms with Gasteiger partial charge in [-0.2, -0.15) is 0 Å². The third-order valence-electron chi connectivity index (χ3n) is 2.11. The van der Waals surface area contributed by atoms with Gasteiger partial charge in [0.1, 0.15) is 11.7 Å². The van der Waals surface area contributed by atoms with Crippen molar-refractivity contribution in [3.8, 4) is 0 Å². The molecule has 0 spiro atoms. The van der Waals surface area contributed by atoms with Crippen molar-refractivity contribution in [3.05, 3.63) is 29.3 Å². The molecule has 0 fully saturated rings. The van der Waals surface area contributed by atoms with Crippen molar-refractivity contribution in [2.75, 3.05) is 12.4 Å². The Kier molecular flexibility index (Phi) is 3.93. The Morgan fingerprint density at radius 3 is 2.06 bits per heavy atom. The lowest BCUT2D eigenvalue weighted by molar-refractivity contribution is -0.121. The minimum Gasteiger partial charge on any atom is -0.369 e. The van der Waals surface area contributed by atoms with Crippen LogP contribution in [0.25, 0.3) is 0 Å². The summed E-state index contributed by atoms with van der Waals surface area (Å²) in [6, 6.07) is -0.939. The van der Waals surface area contributed by atoms with Gasteiger partial charge in [0, 0.05) is 13.1 Å². The van der Waals surface area contributed by atoms with Gasteiger partial charge in [-0.25, -0.2) is 17.6 Å². The SMILES string of the molecule is CNC(=O)C(C)Nc1c(F)c(F)cc(F)c1F. The van der Waals surface area contributed by atoms with E-state index in [9.17, 15) is 22.4 Å². The van der Waals surface area contributed by atoms with Gasteiger partial charge in [-0.15, -0.1) is 0 Å². The van der Waals surface area contributed by atoms with E-state index in [0.29, 0.717) is 0 Å².